The molecule has 182 valence electrons. The number of pyridine rings is 1. The number of likely N-dealkylation sites (tertiary alicyclic amines) is 1. The monoisotopic (exact) mass is 535 g/mol. The Morgan fingerprint density at radius 3 is 2.83 bits per heavy atom. The number of piperidine rings is 1. The van der Waals surface area contributed by atoms with Crippen LogP contribution in [0.25, 0.3) is 5.82 Å². The number of aromatic nitrogens is 3. The van der Waals surface area contributed by atoms with Crippen LogP contribution in [0.15, 0.2) is 71.6 Å². The predicted molar refractivity (Wildman–Crippen MR) is 141 cm³/mol. The summed E-state index contributed by atoms with van der Waals surface area (Å²) in [4.78, 5) is 19.1. The summed E-state index contributed by atoms with van der Waals surface area (Å²) in [6.07, 6.45) is 10.5. The number of halogens is 1. The molecule has 5 rings (SSSR count). The maximum Gasteiger partial charge on any atom is 0.317 e. The summed E-state index contributed by atoms with van der Waals surface area (Å²) in [5.41, 5.74) is 2.33. The first-order valence-electron chi connectivity index (χ1n) is 12.1. The minimum absolute atomic E-state index is 0.0200. The first-order valence-corrected chi connectivity index (χ1v) is 12.9. The van der Waals surface area contributed by atoms with E-state index < -0.39 is 0 Å². The number of anilines is 1. The highest BCUT2D eigenvalue weighted by Crippen LogP contribution is 2.32. The number of rotatable bonds is 7. The van der Waals surface area contributed by atoms with Gasteiger partial charge in [0.05, 0.1) is 16.7 Å². The van der Waals surface area contributed by atoms with Crippen molar-refractivity contribution in [2.24, 2.45) is 5.92 Å². The molecule has 2 amide bonds. The number of nitrogens with one attached hydrogen (secondary N) is 3. The molecule has 0 saturated carbocycles. The van der Waals surface area contributed by atoms with Crippen molar-refractivity contribution >= 4 is 33.6 Å². The van der Waals surface area contributed by atoms with Gasteiger partial charge in [-0.15, -0.1) is 0 Å². The Bertz CT molecular complexity index is 1160. The van der Waals surface area contributed by atoms with Gasteiger partial charge in [0, 0.05) is 44.5 Å². The van der Waals surface area contributed by atoms with Crippen molar-refractivity contribution in [3.63, 3.8) is 0 Å². The first kappa shape index (κ1) is 23.4. The van der Waals surface area contributed by atoms with Crippen LogP contribution in [0.1, 0.15) is 24.0 Å². The van der Waals surface area contributed by atoms with Crippen LogP contribution in [0.2, 0.25) is 0 Å². The summed E-state index contributed by atoms with van der Waals surface area (Å²) < 4.78 is 2.80. The normalized spacial score (nSPS) is 19.3. The molecule has 1 saturated heterocycles. The van der Waals surface area contributed by atoms with E-state index >= 15 is 0 Å². The van der Waals surface area contributed by atoms with Crippen LogP contribution < -0.4 is 16.0 Å². The van der Waals surface area contributed by atoms with Crippen molar-refractivity contribution in [1.82, 2.24) is 30.3 Å². The smallest absolute Gasteiger partial charge is 0.317 e. The Morgan fingerprint density at radius 2 is 2.00 bits per heavy atom. The second-order valence-electron chi connectivity index (χ2n) is 9.01. The van der Waals surface area contributed by atoms with E-state index in [2.05, 4.69) is 66.2 Å². The molecule has 2 aromatic heterocycles. The van der Waals surface area contributed by atoms with Crippen molar-refractivity contribution in [1.29, 1.82) is 0 Å². The van der Waals surface area contributed by atoms with Crippen LogP contribution in [0, 0.1) is 5.92 Å². The molecule has 0 bridgehead atoms. The molecule has 0 radical (unpaired) electrons. The van der Waals surface area contributed by atoms with E-state index in [4.69, 9.17) is 0 Å². The second-order valence-corrected chi connectivity index (χ2v) is 9.86. The van der Waals surface area contributed by atoms with Gasteiger partial charge in [0.15, 0.2) is 0 Å². The number of carbonyl (C=O) groups is 1. The van der Waals surface area contributed by atoms with Gasteiger partial charge in [-0.2, -0.15) is 5.10 Å². The molecule has 3 N–H and O–H groups in total. The van der Waals surface area contributed by atoms with E-state index in [1.54, 1.807) is 12.4 Å². The summed E-state index contributed by atoms with van der Waals surface area (Å²) in [6.45, 7) is 2.80. The largest absolute Gasteiger partial charge is 0.366 e. The zero-order chi connectivity index (χ0) is 24.0. The molecule has 2 unspecified atom stereocenters. The lowest BCUT2D eigenvalue weighted by Gasteiger charge is -2.38. The van der Waals surface area contributed by atoms with E-state index in [0.717, 1.165) is 47.5 Å². The number of carbonyl (C=O) groups excluding carboxylic acids is 1. The zero-order valence-electron chi connectivity index (χ0n) is 19.5. The number of hydrogen-bond donors (Lipinski definition) is 3. The summed E-state index contributed by atoms with van der Waals surface area (Å²) in [5.74, 6) is 2.16. The Labute approximate surface area is 213 Å². The summed E-state index contributed by atoms with van der Waals surface area (Å²) in [7, 11) is 0. The fourth-order valence-corrected chi connectivity index (χ4v) is 5.10. The average molecular weight is 536 g/mol. The van der Waals surface area contributed by atoms with Crippen molar-refractivity contribution in [3.8, 4) is 0 Å². The molecule has 0 aliphatic carbocycles. The third-order valence-electron chi connectivity index (χ3n) is 6.58. The standard InChI is InChI=1S/C26H30BrN7O/c27-22-17-31-34-24(30-16-20-8-4-11-28-15-20)14-23(32-25(22)34)21-9-5-13-33(18-21)26(35)29-12-10-19-6-2-1-3-7-19/h1-4,6-8,11,14-15,17,21,23,30,32H,5,9-10,12-13,16,18H2,(H,29,35). The topological polar surface area (TPSA) is 87.1 Å². The maximum absolute atomic E-state index is 12.9. The third-order valence-corrected chi connectivity index (χ3v) is 7.16. The van der Waals surface area contributed by atoms with Gasteiger partial charge in [-0.1, -0.05) is 36.4 Å². The highest BCUT2D eigenvalue weighted by atomic mass is 79.9. The molecular weight excluding hydrogens is 506 g/mol. The molecule has 2 atom stereocenters. The van der Waals surface area contributed by atoms with Crippen LogP contribution in [0.4, 0.5) is 10.6 Å². The minimum atomic E-state index is 0.0200. The maximum atomic E-state index is 12.9. The number of hydrogen-bond acceptors (Lipinski definition) is 5. The fourth-order valence-electron chi connectivity index (χ4n) is 4.72. The molecule has 2 aliphatic heterocycles. The number of fused-ring (bicyclic) bond motifs is 1. The Balaban J connectivity index is 1.23. The molecule has 9 heteroatoms. The van der Waals surface area contributed by atoms with Crippen molar-refractivity contribution in [2.75, 3.05) is 25.0 Å². The lowest BCUT2D eigenvalue weighted by molar-refractivity contribution is 0.163. The third kappa shape index (κ3) is 5.67. The van der Waals surface area contributed by atoms with Gasteiger partial charge in [0.25, 0.3) is 0 Å². The highest BCUT2D eigenvalue weighted by molar-refractivity contribution is 9.10. The first-order chi connectivity index (χ1) is 17.2. The molecule has 8 nitrogen and oxygen atoms in total. The predicted octanol–water partition coefficient (Wildman–Crippen LogP) is 4.09. The summed E-state index contributed by atoms with van der Waals surface area (Å²) in [6, 6.07) is 14.3. The van der Waals surface area contributed by atoms with Crippen LogP contribution >= 0.6 is 15.9 Å². The van der Waals surface area contributed by atoms with E-state index in [0.29, 0.717) is 25.6 Å². The van der Waals surface area contributed by atoms with Crippen LogP contribution in [0.5, 0.6) is 0 Å². The molecule has 35 heavy (non-hydrogen) atoms. The molecule has 1 fully saturated rings. The van der Waals surface area contributed by atoms with E-state index in [9.17, 15) is 4.79 Å². The minimum Gasteiger partial charge on any atom is -0.366 e. The Morgan fingerprint density at radius 1 is 1.14 bits per heavy atom. The van der Waals surface area contributed by atoms with Crippen molar-refractivity contribution < 1.29 is 4.79 Å². The molecule has 1 aromatic carbocycles. The van der Waals surface area contributed by atoms with Gasteiger partial charge >= 0.3 is 6.03 Å². The van der Waals surface area contributed by atoms with Crippen molar-refractivity contribution in [2.45, 2.75) is 31.8 Å². The van der Waals surface area contributed by atoms with E-state index in [-0.39, 0.29) is 12.1 Å². The van der Waals surface area contributed by atoms with Crippen molar-refractivity contribution in [3.05, 3.63) is 82.7 Å². The number of nitrogens with zero attached hydrogens (tertiary/aromatic N) is 4. The second kappa shape index (κ2) is 10.9. The van der Waals surface area contributed by atoms with Gasteiger partial charge in [-0.25, -0.2) is 9.48 Å². The van der Waals surface area contributed by atoms with Crippen LogP contribution in [-0.4, -0.2) is 51.4 Å². The lowest BCUT2D eigenvalue weighted by atomic mass is 9.90. The fraction of sp³-hybridized carbons (Fsp3) is 0.346. The lowest BCUT2D eigenvalue weighted by Crippen LogP contribution is -2.49. The molecular formula is C26H30BrN7O. The summed E-state index contributed by atoms with van der Waals surface area (Å²) >= 11 is 3.62. The number of benzene rings is 1. The van der Waals surface area contributed by atoms with Gasteiger partial charge in [0.1, 0.15) is 11.6 Å². The Kier molecular flexibility index (Phi) is 7.32. The number of amides is 2. The average Bonchev–Trinajstić information content (AvgIpc) is 3.29. The summed E-state index contributed by atoms with van der Waals surface area (Å²) in [5, 5.41) is 14.8. The quantitative estimate of drug-likeness (QED) is 0.424. The van der Waals surface area contributed by atoms with Gasteiger partial charge in [-0.05, 0) is 58.5 Å². The van der Waals surface area contributed by atoms with Crippen LogP contribution in [-0.2, 0) is 13.0 Å². The molecule has 4 heterocycles. The molecule has 2 aliphatic rings. The number of urea groups is 1. The Hall–Kier alpha value is -3.33. The van der Waals surface area contributed by atoms with Gasteiger partial charge in [0.2, 0.25) is 0 Å². The zero-order valence-corrected chi connectivity index (χ0v) is 21.1. The molecule has 0 spiro atoms. The van der Waals surface area contributed by atoms with E-state index in [1.807, 2.05) is 40.0 Å². The van der Waals surface area contributed by atoms with Crippen LogP contribution in [0.3, 0.4) is 0 Å². The highest BCUT2D eigenvalue weighted by Gasteiger charge is 2.32. The molecule has 3 aromatic rings. The van der Waals surface area contributed by atoms with E-state index in [1.165, 1.54) is 5.56 Å². The van der Waals surface area contributed by atoms with Gasteiger partial charge < -0.3 is 20.9 Å². The SMILES string of the molecule is O=C(NCCc1ccccc1)N1CCCC(C2C=C(NCc3cccnc3)n3ncc(Br)c3N2)C1. The van der Waals surface area contributed by atoms with Gasteiger partial charge in [-0.3, -0.25) is 4.98 Å².